The zero-order chi connectivity index (χ0) is 12.8. The monoisotopic (exact) mass is 241 g/mol. The van der Waals surface area contributed by atoms with Gasteiger partial charge in [-0.1, -0.05) is 24.3 Å². The maximum Gasteiger partial charge on any atom is 0.309 e. The molecule has 0 unspecified atom stereocenters. The average Bonchev–Trinajstić information content (AvgIpc) is 2.39. The molecular formula is C15H15NO2. The van der Waals surface area contributed by atoms with E-state index in [0.717, 1.165) is 16.3 Å². The van der Waals surface area contributed by atoms with Crippen LogP contribution >= 0.6 is 0 Å². The molecule has 0 aliphatic rings. The van der Waals surface area contributed by atoms with Crippen molar-refractivity contribution >= 4 is 22.8 Å². The SMILES string of the molecule is CCOC(=O)CC=Cc1ccc2cnccc2c1. The number of ether oxygens (including phenoxy) is 1. The van der Waals surface area contributed by atoms with Crippen molar-refractivity contribution < 1.29 is 9.53 Å². The van der Waals surface area contributed by atoms with Gasteiger partial charge in [0.15, 0.2) is 0 Å². The van der Waals surface area contributed by atoms with Crippen LogP contribution in [0.2, 0.25) is 0 Å². The minimum atomic E-state index is -0.196. The molecule has 0 saturated carbocycles. The Labute approximate surface area is 106 Å². The van der Waals surface area contributed by atoms with Gasteiger partial charge in [-0.2, -0.15) is 0 Å². The second-order valence-electron chi connectivity index (χ2n) is 3.89. The van der Waals surface area contributed by atoms with Crippen LogP contribution in [-0.2, 0) is 9.53 Å². The first kappa shape index (κ1) is 12.3. The normalized spacial score (nSPS) is 10.9. The lowest BCUT2D eigenvalue weighted by atomic mass is 10.1. The molecule has 0 atom stereocenters. The highest BCUT2D eigenvalue weighted by molar-refractivity contribution is 5.84. The number of esters is 1. The van der Waals surface area contributed by atoms with E-state index >= 15 is 0 Å². The van der Waals surface area contributed by atoms with Crippen LogP contribution in [0.15, 0.2) is 42.7 Å². The van der Waals surface area contributed by atoms with E-state index in [1.165, 1.54) is 0 Å². The highest BCUT2D eigenvalue weighted by Gasteiger charge is 1.97. The number of hydrogen-bond donors (Lipinski definition) is 0. The number of pyridine rings is 1. The molecule has 0 aliphatic heterocycles. The molecule has 2 aromatic rings. The highest BCUT2D eigenvalue weighted by Crippen LogP contribution is 2.15. The molecule has 0 radical (unpaired) electrons. The summed E-state index contributed by atoms with van der Waals surface area (Å²) in [7, 11) is 0. The standard InChI is InChI=1S/C15H15NO2/c1-2-18-15(17)5-3-4-12-6-7-14-11-16-9-8-13(14)10-12/h3-4,6-11H,2,5H2,1H3. The van der Waals surface area contributed by atoms with Gasteiger partial charge in [-0.3, -0.25) is 9.78 Å². The van der Waals surface area contributed by atoms with Gasteiger partial charge in [-0.15, -0.1) is 0 Å². The summed E-state index contributed by atoms with van der Waals surface area (Å²) in [5.41, 5.74) is 1.07. The predicted octanol–water partition coefficient (Wildman–Crippen LogP) is 3.20. The molecule has 0 spiro atoms. The molecule has 1 aromatic carbocycles. The molecular weight excluding hydrogens is 226 g/mol. The number of fused-ring (bicyclic) bond motifs is 1. The Morgan fingerprint density at radius 2 is 2.22 bits per heavy atom. The van der Waals surface area contributed by atoms with E-state index in [-0.39, 0.29) is 5.97 Å². The second-order valence-corrected chi connectivity index (χ2v) is 3.89. The minimum Gasteiger partial charge on any atom is -0.466 e. The van der Waals surface area contributed by atoms with E-state index in [1.807, 2.05) is 36.5 Å². The molecule has 1 heterocycles. The van der Waals surface area contributed by atoms with Crippen molar-refractivity contribution in [2.75, 3.05) is 6.61 Å². The summed E-state index contributed by atoms with van der Waals surface area (Å²) in [5.74, 6) is -0.196. The number of carbonyl (C=O) groups is 1. The Hall–Kier alpha value is -2.16. The summed E-state index contributed by atoms with van der Waals surface area (Å²) < 4.78 is 4.85. The maximum atomic E-state index is 11.2. The minimum absolute atomic E-state index is 0.196. The van der Waals surface area contributed by atoms with Crippen LogP contribution in [0.1, 0.15) is 18.9 Å². The van der Waals surface area contributed by atoms with Gasteiger partial charge in [0.1, 0.15) is 0 Å². The lowest BCUT2D eigenvalue weighted by Crippen LogP contribution is -2.01. The number of hydrogen-bond acceptors (Lipinski definition) is 3. The molecule has 3 heteroatoms. The van der Waals surface area contributed by atoms with Crippen molar-refractivity contribution in [1.29, 1.82) is 0 Å². The Kier molecular flexibility index (Phi) is 4.07. The van der Waals surface area contributed by atoms with Crippen LogP contribution in [0, 0.1) is 0 Å². The first-order chi connectivity index (χ1) is 8.79. The highest BCUT2D eigenvalue weighted by atomic mass is 16.5. The topological polar surface area (TPSA) is 39.2 Å². The van der Waals surface area contributed by atoms with Crippen molar-refractivity contribution in [2.24, 2.45) is 0 Å². The van der Waals surface area contributed by atoms with Gasteiger partial charge in [-0.05, 0) is 30.0 Å². The molecule has 2 rings (SSSR count). The van der Waals surface area contributed by atoms with Crippen LogP contribution in [0.5, 0.6) is 0 Å². The first-order valence-electron chi connectivity index (χ1n) is 5.95. The van der Waals surface area contributed by atoms with Crippen molar-refractivity contribution in [3.8, 4) is 0 Å². The van der Waals surface area contributed by atoms with Crippen LogP contribution in [0.25, 0.3) is 16.8 Å². The van der Waals surface area contributed by atoms with Crippen LogP contribution in [-0.4, -0.2) is 17.6 Å². The molecule has 3 nitrogen and oxygen atoms in total. The van der Waals surface area contributed by atoms with E-state index in [1.54, 1.807) is 13.1 Å². The molecule has 0 saturated heterocycles. The van der Waals surface area contributed by atoms with Gasteiger partial charge in [0.05, 0.1) is 13.0 Å². The molecule has 18 heavy (non-hydrogen) atoms. The van der Waals surface area contributed by atoms with Crippen molar-refractivity contribution in [3.05, 3.63) is 48.3 Å². The number of rotatable bonds is 4. The summed E-state index contributed by atoms with van der Waals surface area (Å²) in [6.07, 6.45) is 7.66. The molecule has 92 valence electrons. The zero-order valence-corrected chi connectivity index (χ0v) is 10.3. The van der Waals surface area contributed by atoms with Crippen molar-refractivity contribution in [2.45, 2.75) is 13.3 Å². The van der Waals surface area contributed by atoms with Gasteiger partial charge in [0.2, 0.25) is 0 Å². The van der Waals surface area contributed by atoms with E-state index < -0.39 is 0 Å². The molecule has 0 N–H and O–H groups in total. The largest absolute Gasteiger partial charge is 0.466 e. The average molecular weight is 241 g/mol. The molecule has 0 bridgehead atoms. The van der Waals surface area contributed by atoms with E-state index in [4.69, 9.17) is 4.74 Å². The van der Waals surface area contributed by atoms with Gasteiger partial charge in [0.25, 0.3) is 0 Å². The number of nitrogens with zero attached hydrogens (tertiary/aromatic N) is 1. The smallest absolute Gasteiger partial charge is 0.309 e. The third-order valence-electron chi connectivity index (χ3n) is 2.56. The Balaban J connectivity index is 2.07. The summed E-state index contributed by atoms with van der Waals surface area (Å²) in [5, 5.41) is 2.25. The quantitative estimate of drug-likeness (QED) is 0.771. The summed E-state index contributed by atoms with van der Waals surface area (Å²) in [4.78, 5) is 15.2. The Morgan fingerprint density at radius 1 is 1.33 bits per heavy atom. The summed E-state index contributed by atoms with van der Waals surface area (Å²) in [6.45, 7) is 2.23. The lowest BCUT2D eigenvalue weighted by molar-refractivity contribution is -0.142. The number of benzene rings is 1. The predicted molar refractivity (Wildman–Crippen MR) is 72.0 cm³/mol. The lowest BCUT2D eigenvalue weighted by Gasteiger charge is -1.99. The number of carbonyl (C=O) groups excluding carboxylic acids is 1. The third kappa shape index (κ3) is 3.17. The van der Waals surface area contributed by atoms with Gasteiger partial charge < -0.3 is 4.74 Å². The molecule has 0 fully saturated rings. The van der Waals surface area contributed by atoms with E-state index in [9.17, 15) is 4.79 Å². The van der Waals surface area contributed by atoms with Gasteiger partial charge in [-0.25, -0.2) is 0 Å². The Morgan fingerprint density at radius 3 is 3.06 bits per heavy atom. The fraction of sp³-hybridized carbons (Fsp3) is 0.200. The Bertz CT molecular complexity index is 575. The fourth-order valence-electron chi connectivity index (χ4n) is 1.72. The van der Waals surface area contributed by atoms with Crippen LogP contribution in [0.4, 0.5) is 0 Å². The summed E-state index contributed by atoms with van der Waals surface area (Å²) in [6, 6.07) is 8.06. The number of aromatic nitrogens is 1. The van der Waals surface area contributed by atoms with Crippen molar-refractivity contribution in [1.82, 2.24) is 4.98 Å². The first-order valence-corrected chi connectivity index (χ1v) is 5.95. The summed E-state index contributed by atoms with van der Waals surface area (Å²) >= 11 is 0. The van der Waals surface area contributed by atoms with E-state index in [0.29, 0.717) is 13.0 Å². The van der Waals surface area contributed by atoms with Gasteiger partial charge in [0, 0.05) is 17.8 Å². The van der Waals surface area contributed by atoms with E-state index in [2.05, 4.69) is 11.1 Å². The van der Waals surface area contributed by atoms with Crippen LogP contribution < -0.4 is 0 Å². The van der Waals surface area contributed by atoms with Crippen molar-refractivity contribution in [3.63, 3.8) is 0 Å². The molecule has 0 aliphatic carbocycles. The third-order valence-corrected chi connectivity index (χ3v) is 2.56. The second kappa shape index (κ2) is 5.96. The zero-order valence-electron chi connectivity index (χ0n) is 10.3. The molecule has 0 amide bonds. The van der Waals surface area contributed by atoms with Crippen LogP contribution in [0.3, 0.4) is 0 Å². The fourth-order valence-corrected chi connectivity index (χ4v) is 1.72. The molecule has 1 aromatic heterocycles. The van der Waals surface area contributed by atoms with Gasteiger partial charge >= 0.3 is 5.97 Å². The maximum absolute atomic E-state index is 11.2.